The second-order valence-corrected chi connectivity index (χ2v) is 4.43. The zero-order chi connectivity index (χ0) is 12.5. The van der Waals surface area contributed by atoms with Gasteiger partial charge in [-0.25, -0.2) is 4.79 Å². The molecule has 0 radical (unpaired) electrons. The molecule has 0 aliphatic rings. The first-order valence-corrected chi connectivity index (χ1v) is 5.90. The molecule has 0 N–H and O–H groups in total. The Morgan fingerprint density at radius 3 is 2.28 bits per heavy atom. The van der Waals surface area contributed by atoms with Crippen LogP contribution < -0.4 is 5.63 Å². The third-order valence-corrected chi connectivity index (χ3v) is 3.13. The van der Waals surface area contributed by atoms with Gasteiger partial charge in [0.15, 0.2) is 0 Å². The molecule has 0 fully saturated rings. The van der Waals surface area contributed by atoms with Gasteiger partial charge in [0.1, 0.15) is 6.26 Å². The fourth-order valence-electron chi connectivity index (χ4n) is 1.99. The molecule has 0 saturated heterocycles. The number of hydrogen-bond acceptors (Lipinski definition) is 2. The molecule has 0 aliphatic carbocycles. The van der Waals surface area contributed by atoms with Crippen LogP contribution in [0.25, 0.3) is 21.9 Å². The predicted molar refractivity (Wildman–Crippen MR) is 72.9 cm³/mol. The molecule has 3 heteroatoms. The summed E-state index contributed by atoms with van der Waals surface area (Å²) >= 11 is 5.87. The summed E-state index contributed by atoms with van der Waals surface area (Å²) in [4.78, 5) is 11.6. The maximum atomic E-state index is 11.6. The van der Waals surface area contributed by atoms with E-state index >= 15 is 0 Å². The van der Waals surface area contributed by atoms with Crippen LogP contribution in [0.2, 0.25) is 5.02 Å². The largest absolute Gasteiger partial charge is 0.430 e. The van der Waals surface area contributed by atoms with Crippen LogP contribution in [-0.4, -0.2) is 0 Å². The molecule has 0 unspecified atom stereocenters. The van der Waals surface area contributed by atoms with Gasteiger partial charge in [-0.3, -0.25) is 0 Å². The minimum Gasteiger partial charge on any atom is -0.430 e. The van der Waals surface area contributed by atoms with E-state index in [2.05, 4.69) is 0 Å². The molecule has 1 heterocycles. The fourth-order valence-corrected chi connectivity index (χ4v) is 2.11. The summed E-state index contributed by atoms with van der Waals surface area (Å²) in [6, 6.07) is 14.9. The molecule has 18 heavy (non-hydrogen) atoms. The second-order valence-electron chi connectivity index (χ2n) is 3.99. The number of rotatable bonds is 1. The van der Waals surface area contributed by atoms with Gasteiger partial charge in [0.25, 0.3) is 0 Å². The Kier molecular flexibility index (Phi) is 2.65. The van der Waals surface area contributed by atoms with Crippen molar-refractivity contribution in [1.82, 2.24) is 0 Å². The summed E-state index contributed by atoms with van der Waals surface area (Å²) in [5, 5.41) is 2.15. The first kappa shape index (κ1) is 11.1. The van der Waals surface area contributed by atoms with Gasteiger partial charge in [-0.05, 0) is 29.1 Å². The molecule has 2 nitrogen and oxygen atoms in total. The average molecular weight is 257 g/mol. The number of halogens is 1. The van der Waals surface area contributed by atoms with Crippen LogP contribution in [0.4, 0.5) is 0 Å². The Bertz CT molecular complexity index is 757. The van der Waals surface area contributed by atoms with Gasteiger partial charge in [-0.15, -0.1) is 0 Å². The van der Waals surface area contributed by atoms with Crippen molar-refractivity contribution < 1.29 is 4.42 Å². The van der Waals surface area contributed by atoms with E-state index in [0.29, 0.717) is 10.4 Å². The molecule has 2 aromatic carbocycles. The highest BCUT2D eigenvalue weighted by atomic mass is 35.5. The summed E-state index contributed by atoms with van der Waals surface area (Å²) in [6.45, 7) is 0. The maximum Gasteiger partial charge on any atom is 0.343 e. The molecule has 3 rings (SSSR count). The Labute approximate surface area is 108 Å². The van der Waals surface area contributed by atoms with Crippen molar-refractivity contribution in [2.75, 3.05) is 0 Å². The van der Waals surface area contributed by atoms with Crippen molar-refractivity contribution in [2.45, 2.75) is 0 Å². The van der Waals surface area contributed by atoms with Crippen molar-refractivity contribution in [3.05, 3.63) is 70.2 Å². The van der Waals surface area contributed by atoms with Gasteiger partial charge >= 0.3 is 5.63 Å². The maximum absolute atomic E-state index is 11.6. The van der Waals surface area contributed by atoms with Crippen LogP contribution in [0.1, 0.15) is 0 Å². The van der Waals surface area contributed by atoms with E-state index in [1.807, 2.05) is 42.5 Å². The summed E-state index contributed by atoms with van der Waals surface area (Å²) < 4.78 is 5.07. The monoisotopic (exact) mass is 256 g/mol. The van der Waals surface area contributed by atoms with E-state index in [9.17, 15) is 4.79 Å². The molecule has 3 aromatic rings. The summed E-state index contributed by atoms with van der Waals surface area (Å²) in [5.41, 5.74) is 1.55. The van der Waals surface area contributed by atoms with Crippen molar-refractivity contribution >= 4 is 22.4 Å². The predicted octanol–water partition coefficient (Wildman–Crippen LogP) is 4.11. The molecule has 0 spiro atoms. The van der Waals surface area contributed by atoms with Gasteiger partial charge in [-0.2, -0.15) is 0 Å². The lowest BCUT2D eigenvalue weighted by molar-refractivity contribution is 0.521. The highest BCUT2D eigenvalue weighted by Crippen LogP contribution is 2.27. The van der Waals surface area contributed by atoms with Crippen LogP contribution in [0.15, 0.2) is 64.0 Å². The molecule has 1 aromatic heterocycles. The third kappa shape index (κ3) is 1.81. The lowest BCUT2D eigenvalue weighted by Gasteiger charge is -2.05. The van der Waals surface area contributed by atoms with Gasteiger partial charge in [0.2, 0.25) is 0 Å². The molecule has 0 atom stereocenters. The number of hydrogen-bond donors (Lipinski definition) is 0. The first-order chi connectivity index (χ1) is 8.75. The lowest BCUT2D eigenvalue weighted by atomic mass is 10.0. The minimum absolute atomic E-state index is 0.316. The molecular weight excluding hydrogens is 248 g/mol. The van der Waals surface area contributed by atoms with Crippen LogP contribution in [0.5, 0.6) is 0 Å². The van der Waals surface area contributed by atoms with Crippen LogP contribution in [0, 0.1) is 0 Å². The normalized spacial score (nSPS) is 10.7. The van der Waals surface area contributed by atoms with Crippen LogP contribution in [-0.2, 0) is 0 Å². The van der Waals surface area contributed by atoms with E-state index in [1.165, 1.54) is 6.26 Å². The highest BCUT2D eigenvalue weighted by Gasteiger charge is 2.07. The molecular formula is C15H9ClO2. The average Bonchev–Trinajstić information content (AvgIpc) is 2.41. The van der Waals surface area contributed by atoms with Gasteiger partial charge in [-0.1, -0.05) is 41.9 Å². The van der Waals surface area contributed by atoms with Crippen molar-refractivity contribution in [3.63, 3.8) is 0 Å². The number of fused-ring (bicyclic) bond motifs is 1. The van der Waals surface area contributed by atoms with E-state index in [1.54, 1.807) is 6.07 Å². The number of benzene rings is 2. The SMILES string of the molecule is O=c1occ(-c2ccc(Cl)cc2)c2ccccc12. The summed E-state index contributed by atoms with van der Waals surface area (Å²) in [5.74, 6) is 0. The van der Waals surface area contributed by atoms with E-state index in [-0.39, 0.29) is 5.63 Å². The van der Waals surface area contributed by atoms with Gasteiger partial charge in [0, 0.05) is 10.6 Å². The highest BCUT2D eigenvalue weighted by molar-refractivity contribution is 6.30. The summed E-state index contributed by atoms with van der Waals surface area (Å²) in [6.07, 6.45) is 1.49. The van der Waals surface area contributed by atoms with E-state index in [0.717, 1.165) is 16.5 Å². The zero-order valence-corrected chi connectivity index (χ0v) is 10.1. The molecule has 0 amide bonds. The zero-order valence-electron chi connectivity index (χ0n) is 9.39. The quantitative estimate of drug-likeness (QED) is 0.656. The lowest BCUT2D eigenvalue weighted by Crippen LogP contribution is -1.99. The van der Waals surface area contributed by atoms with Crippen molar-refractivity contribution in [3.8, 4) is 11.1 Å². The molecule has 0 bridgehead atoms. The Hall–Kier alpha value is -2.06. The van der Waals surface area contributed by atoms with Gasteiger partial charge in [0.05, 0.1) is 5.39 Å². The Balaban J connectivity index is 2.33. The minimum atomic E-state index is -0.316. The summed E-state index contributed by atoms with van der Waals surface area (Å²) in [7, 11) is 0. The third-order valence-electron chi connectivity index (χ3n) is 2.88. The molecule has 0 saturated carbocycles. The Morgan fingerprint density at radius 1 is 0.889 bits per heavy atom. The van der Waals surface area contributed by atoms with Crippen LogP contribution >= 0.6 is 11.6 Å². The van der Waals surface area contributed by atoms with Crippen molar-refractivity contribution in [2.24, 2.45) is 0 Å². The standard InChI is InChI=1S/C15H9ClO2/c16-11-7-5-10(6-8-11)14-9-18-15(17)13-4-2-1-3-12(13)14/h1-9H. The van der Waals surface area contributed by atoms with Crippen LogP contribution in [0.3, 0.4) is 0 Å². The fraction of sp³-hybridized carbons (Fsp3) is 0. The molecule has 88 valence electrons. The smallest absolute Gasteiger partial charge is 0.343 e. The molecule has 0 aliphatic heterocycles. The van der Waals surface area contributed by atoms with E-state index < -0.39 is 0 Å². The topological polar surface area (TPSA) is 30.2 Å². The van der Waals surface area contributed by atoms with Gasteiger partial charge < -0.3 is 4.42 Å². The second kappa shape index (κ2) is 4.31. The Morgan fingerprint density at radius 2 is 1.56 bits per heavy atom. The first-order valence-electron chi connectivity index (χ1n) is 5.52. The van der Waals surface area contributed by atoms with Crippen molar-refractivity contribution in [1.29, 1.82) is 0 Å². The van der Waals surface area contributed by atoms with E-state index in [4.69, 9.17) is 16.0 Å².